The summed E-state index contributed by atoms with van der Waals surface area (Å²) in [6.07, 6.45) is 0.189. The molecular formula is C17H20O6. The van der Waals surface area contributed by atoms with Crippen molar-refractivity contribution >= 4 is 17.9 Å². The third kappa shape index (κ3) is 4.09. The predicted molar refractivity (Wildman–Crippen MR) is 80.0 cm³/mol. The molecule has 0 radical (unpaired) electrons. The van der Waals surface area contributed by atoms with E-state index in [1.165, 1.54) is 13.8 Å². The van der Waals surface area contributed by atoms with Crippen LogP contribution in [0.25, 0.3) is 0 Å². The monoisotopic (exact) mass is 320 g/mol. The number of ether oxygens (including phenoxy) is 3. The fourth-order valence-corrected chi connectivity index (χ4v) is 2.51. The van der Waals surface area contributed by atoms with Crippen molar-refractivity contribution in [1.82, 2.24) is 0 Å². The summed E-state index contributed by atoms with van der Waals surface area (Å²) in [6, 6.07) is 9.11. The minimum Gasteiger partial charge on any atom is -0.466 e. The molecule has 0 N–H and O–H groups in total. The summed E-state index contributed by atoms with van der Waals surface area (Å²) in [4.78, 5) is 36.7. The SMILES string of the molecule is CCOC(=O)C(Cc1ccccc1)C1C(=O)OC(C)(C)OC1=O. The lowest BCUT2D eigenvalue weighted by Crippen LogP contribution is -2.50. The van der Waals surface area contributed by atoms with Crippen LogP contribution in [0.4, 0.5) is 0 Å². The number of cyclic esters (lactones) is 2. The second kappa shape index (κ2) is 6.81. The average Bonchev–Trinajstić information content (AvgIpc) is 2.45. The average molecular weight is 320 g/mol. The number of carbonyl (C=O) groups is 3. The van der Waals surface area contributed by atoms with E-state index in [0.29, 0.717) is 0 Å². The number of esters is 3. The number of carbonyl (C=O) groups excluding carboxylic acids is 3. The summed E-state index contributed by atoms with van der Waals surface area (Å²) in [5, 5.41) is 0. The van der Waals surface area contributed by atoms with E-state index in [4.69, 9.17) is 14.2 Å². The molecule has 1 atom stereocenters. The van der Waals surface area contributed by atoms with E-state index in [9.17, 15) is 14.4 Å². The van der Waals surface area contributed by atoms with Gasteiger partial charge in [0.15, 0.2) is 5.92 Å². The summed E-state index contributed by atoms with van der Waals surface area (Å²) in [6.45, 7) is 4.76. The van der Waals surface area contributed by atoms with Crippen molar-refractivity contribution in [2.45, 2.75) is 33.0 Å². The highest BCUT2D eigenvalue weighted by Gasteiger charge is 2.49. The molecule has 1 fully saturated rings. The highest BCUT2D eigenvalue weighted by molar-refractivity contribution is 6.00. The lowest BCUT2D eigenvalue weighted by atomic mass is 9.86. The van der Waals surface area contributed by atoms with Gasteiger partial charge in [0.05, 0.1) is 12.5 Å². The molecule has 1 saturated heterocycles. The zero-order valence-corrected chi connectivity index (χ0v) is 13.4. The van der Waals surface area contributed by atoms with Crippen LogP contribution in [0.3, 0.4) is 0 Å². The van der Waals surface area contributed by atoms with Crippen LogP contribution in [0.2, 0.25) is 0 Å². The van der Waals surface area contributed by atoms with Gasteiger partial charge in [0.2, 0.25) is 0 Å². The van der Waals surface area contributed by atoms with Crippen molar-refractivity contribution in [3.05, 3.63) is 35.9 Å². The summed E-state index contributed by atoms with van der Waals surface area (Å²) >= 11 is 0. The van der Waals surface area contributed by atoms with E-state index in [-0.39, 0.29) is 13.0 Å². The Morgan fingerprint density at radius 1 is 1.17 bits per heavy atom. The number of rotatable bonds is 5. The fraction of sp³-hybridized carbons (Fsp3) is 0.471. The van der Waals surface area contributed by atoms with Gasteiger partial charge >= 0.3 is 17.9 Å². The van der Waals surface area contributed by atoms with Crippen LogP contribution in [-0.4, -0.2) is 30.3 Å². The molecule has 1 aromatic carbocycles. The first-order valence-corrected chi connectivity index (χ1v) is 7.50. The van der Waals surface area contributed by atoms with Crippen LogP contribution < -0.4 is 0 Å². The highest BCUT2D eigenvalue weighted by atomic mass is 16.7. The summed E-state index contributed by atoms with van der Waals surface area (Å²) in [5.41, 5.74) is 0.816. The molecule has 0 spiro atoms. The number of benzene rings is 1. The van der Waals surface area contributed by atoms with Crippen LogP contribution in [0, 0.1) is 11.8 Å². The Hall–Kier alpha value is -2.37. The van der Waals surface area contributed by atoms with Gasteiger partial charge in [-0.05, 0) is 18.9 Å². The van der Waals surface area contributed by atoms with Gasteiger partial charge in [-0.3, -0.25) is 14.4 Å². The van der Waals surface area contributed by atoms with Crippen molar-refractivity contribution in [2.24, 2.45) is 11.8 Å². The van der Waals surface area contributed by atoms with Crippen molar-refractivity contribution in [3.8, 4) is 0 Å². The molecule has 1 aromatic rings. The maximum atomic E-state index is 12.3. The molecule has 0 amide bonds. The molecule has 23 heavy (non-hydrogen) atoms. The lowest BCUT2D eigenvalue weighted by molar-refractivity contribution is -0.243. The van der Waals surface area contributed by atoms with Crippen molar-refractivity contribution in [2.75, 3.05) is 6.61 Å². The highest BCUT2D eigenvalue weighted by Crippen LogP contribution is 2.30. The van der Waals surface area contributed by atoms with E-state index in [1.54, 1.807) is 6.92 Å². The molecule has 0 saturated carbocycles. The maximum Gasteiger partial charge on any atom is 0.324 e. The fourth-order valence-electron chi connectivity index (χ4n) is 2.51. The largest absolute Gasteiger partial charge is 0.466 e. The van der Waals surface area contributed by atoms with Gasteiger partial charge in [-0.15, -0.1) is 0 Å². The Morgan fingerprint density at radius 3 is 2.26 bits per heavy atom. The second-order valence-electron chi connectivity index (χ2n) is 5.77. The van der Waals surface area contributed by atoms with Gasteiger partial charge in [-0.25, -0.2) is 0 Å². The van der Waals surface area contributed by atoms with Gasteiger partial charge in [-0.2, -0.15) is 0 Å². The molecule has 124 valence electrons. The molecule has 1 aliphatic heterocycles. The Morgan fingerprint density at radius 2 is 1.74 bits per heavy atom. The smallest absolute Gasteiger partial charge is 0.324 e. The van der Waals surface area contributed by atoms with Gasteiger partial charge in [0.1, 0.15) is 0 Å². The predicted octanol–water partition coefficient (Wildman–Crippen LogP) is 1.86. The van der Waals surface area contributed by atoms with Gasteiger partial charge < -0.3 is 14.2 Å². The van der Waals surface area contributed by atoms with Crippen LogP contribution in [0.1, 0.15) is 26.3 Å². The molecule has 1 heterocycles. The number of hydrogen-bond donors (Lipinski definition) is 0. The van der Waals surface area contributed by atoms with E-state index in [1.807, 2.05) is 30.3 Å². The molecule has 2 rings (SSSR count). The van der Waals surface area contributed by atoms with E-state index in [0.717, 1.165) is 5.56 Å². The van der Waals surface area contributed by atoms with Crippen LogP contribution in [-0.2, 0) is 35.0 Å². The van der Waals surface area contributed by atoms with Crippen molar-refractivity contribution in [3.63, 3.8) is 0 Å². The molecule has 6 nitrogen and oxygen atoms in total. The topological polar surface area (TPSA) is 78.9 Å². The Labute approximate surface area is 134 Å². The van der Waals surface area contributed by atoms with E-state index >= 15 is 0 Å². The molecule has 1 aliphatic rings. The normalized spacial score (nSPS) is 18.7. The summed E-state index contributed by atoms with van der Waals surface area (Å²) < 4.78 is 15.3. The minimum absolute atomic E-state index is 0.159. The van der Waals surface area contributed by atoms with E-state index < -0.39 is 35.5 Å². The third-order valence-corrected chi connectivity index (χ3v) is 3.49. The standard InChI is InChI=1S/C17H20O6/c1-4-21-14(18)12(10-11-8-6-5-7-9-11)13-15(19)22-17(2,3)23-16(13)20/h5-9,12-13H,4,10H2,1-3H3. The first kappa shape index (κ1) is 17.0. The molecule has 0 aromatic heterocycles. The molecule has 6 heteroatoms. The first-order chi connectivity index (χ1) is 10.8. The quantitative estimate of drug-likeness (QED) is 0.608. The first-order valence-electron chi connectivity index (χ1n) is 7.50. The number of hydrogen-bond acceptors (Lipinski definition) is 6. The van der Waals surface area contributed by atoms with Crippen LogP contribution in [0.15, 0.2) is 30.3 Å². The van der Waals surface area contributed by atoms with E-state index in [2.05, 4.69) is 0 Å². The molecule has 1 unspecified atom stereocenters. The Bertz CT molecular complexity index is 572. The van der Waals surface area contributed by atoms with Crippen LogP contribution >= 0.6 is 0 Å². The Kier molecular flexibility index (Phi) is 5.03. The minimum atomic E-state index is -1.32. The van der Waals surface area contributed by atoms with Gasteiger partial charge in [0.25, 0.3) is 5.79 Å². The molecule has 0 bridgehead atoms. The maximum absolute atomic E-state index is 12.3. The third-order valence-electron chi connectivity index (χ3n) is 3.49. The van der Waals surface area contributed by atoms with Gasteiger partial charge in [0, 0.05) is 13.8 Å². The molecule has 0 aliphatic carbocycles. The second-order valence-corrected chi connectivity index (χ2v) is 5.77. The van der Waals surface area contributed by atoms with Crippen LogP contribution in [0.5, 0.6) is 0 Å². The van der Waals surface area contributed by atoms with Gasteiger partial charge in [-0.1, -0.05) is 30.3 Å². The van der Waals surface area contributed by atoms with Crippen molar-refractivity contribution < 1.29 is 28.6 Å². The summed E-state index contributed by atoms with van der Waals surface area (Å²) in [5.74, 6) is -5.76. The zero-order chi connectivity index (χ0) is 17.0. The zero-order valence-electron chi connectivity index (χ0n) is 13.4. The Balaban J connectivity index is 2.28. The summed E-state index contributed by atoms with van der Waals surface area (Å²) in [7, 11) is 0. The molecular weight excluding hydrogens is 300 g/mol. The van der Waals surface area contributed by atoms with Crippen molar-refractivity contribution in [1.29, 1.82) is 0 Å². The lowest BCUT2D eigenvalue weighted by Gasteiger charge is -2.35.